The van der Waals surface area contributed by atoms with Crippen molar-refractivity contribution in [1.29, 1.82) is 5.26 Å². The third kappa shape index (κ3) is 5.09. The summed E-state index contributed by atoms with van der Waals surface area (Å²) in [7, 11) is 1.73. The molecule has 0 saturated heterocycles. The molecule has 0 atom stereocenters. The van der Waals surface area contributed by atoms with Crippen molar-refractivity contribution in [3.63, 3.8) is 0 Å². The summed E-state index contributed by atoms with van der Waals surface area (Å²) in [5.41, 5.74) is 4.02. The van der Waals surface area contributed by atoms with Gasteiger partial charge in [0, 0.05) is 44.3 Å². The van der Waals surface area contributed by atoms with E-state index in [9.17, 15) is 15.2 Å². The molecule has 0 spiro atoms. The van der Waals surface area contributed by atoms with Crippen LogP contribution in [-0.4, -0.2) is 32.4 Å². The number of imidazole rings is 1. The highest BCUT2D eigenvalue weighted by molar-refractivity contribution is 5.78. The first-order valence-electron chi connectivity index (χ1n) is 10.9. The summed E-state index contributed by atoms with van der Waals surface area (Å²) in [6.07, 6.45) is 0. The van der Waals surface area contributed by atoms with E-state index in [2.05, 4.69) is 32.2 Å². The van der Waals surface area contributed by atoms with Crippen molar-refractivity contribution in [2.24, 2.45) is 17.9 Å². The van der Waals surface area contributed by atoms with E-state index >= 15 is 0 Å². The summed E-state index contributed by atoms with van der Waals surface area (Å²) in [5.74, 6) is 0. The third-order valence-corrected chi connectivity index (χ3v) is 5.45. The van der Waals surface area contributed by atoms with Gasteiger partial charge in [0.25, 0.3) is 0 Å². The van der Waals surface area contributed by atoms with E-state index in [-0.39, 0.29) is 23.1 Å². The van der Waals surface area contributed by atoms with Gasteiger partial charge in [-0.1, -0.05) is 40.7 Å². The van der Waals surface area contributed by atoms with Crippen LogP contribution in [-0.2, 0) is 20.1 Å². The number of aliphatic hydroxyl groups excluding tert-OH is 1. The highest BCUT2D eigenvalue weighted by Crippen LogP contribution is 2.26. The van der Waals surface area contributed by atoms with Crippen LogP contribution in [0.1, 0.15) is 45.7 Å². The predicted molar refractivity (Wildman–Crippen MR) is 127 cm³/mol. The molecule has 0 unspecified atom stereocenters. The average molecular weight is 436 g/mol. The number of aromatic nitrogens is 3. The first-order chi connectivity index (χ1) is 15.0. The number of benzene rings is 1. The van der Waals surface area contributed by atoms with Gasteiger partial charge in [0.05, 0.1) is 22.8 Å². The number of aryl methyl sites for hydroxylation is 1. The van der Waals surface area contributed by atoms with Crippen molar-refractivity contribution in [1.82, 2.24) is 19.4 Å². The van der Waals surface area contributed by atoms with E-state index in [1.54, 1.807) is 22.2 Å². The van der Waals surface area contributed by atoms with Gasteiger partial charge in [-0.2, -0.15) is 5.26 Å². The number of fused-ring (bicyclic) bond motifs is 1. The molecule has 2 aromatic heterocycles. The van der Waals surface area contributed by atoms with Gasteiger partial charge in [-0.25, -0.2) is 9.78 Å². The van der Waals surface area contributed by atoms with Crippen LogP contribution in [0.2, 0.25) is 0 Å². The molecule has 3 rings (SSSR count). The molecular formula is C25H33N5O2. The van der Waals surface area contributed by atoms with Gasteiger partial charge in [0.2, 0.25) is 0 Å². The fourth-order valence-corrected chi connectivity index (χ4v) is 3.66. The van der Waals surface area contributed by atoms with E-state index in [1.807, 2.05) is 38.1 Å². The van der Waals surface area contributed by atoms with Crippen LogP contribution in [0.3, 0.4) is 0 Å². The molecule has 0 aliphatic carbocycles. The van der Waals surface area contributed by atoms with Gasteiger partial charge in [0.1, 0.15) is 0 Å². The number of rotatable bonds is 7. The number of pyridine rings is 1. The standard InChI is InChI=1S/C25H33N5O2/c1-24(2,3)15-30-21-10-9-20(28-22(21)29(6)23(30)32)19-11-17(7-8-18(19)12-26)13-27-14-25(4,5)16-31/h7-11,27,31H,13-16H2,1-6H3. The Morgan fingerprint density at radius 1 is 1.16 bits per heavy atom. The zero-order chi connectivity index (χ0) is 23.7. The Morgan fingerprint density at radius 3 is 2.50 bits per heavy atom. The quantitative estimate of drug-likeness (QED) is 0.593. The summed E-state index contributed by atoms with van der Waals surface area (Å²) in [4.78, 5) is 17.6. The number of hydrogen-bond donors (Lipinski definition) is 2. The molecule has 0 bridgehead atoms. The molecule has 0 radical (unpaired) electrons. The minimum absolute atomic E-state index is 0.0450. The van der Waals surface area contributed by atoms with Crippen molar-refractivity contribution in [2.45, 2.75) is 47.7 Å². The molecule has 3 aromatic rings. The van der Waals surface area contributed by atoms with E-state index in [0.29, 0.717) is 36.5 Å². The smallest absolute Gasteiger partial charge is 0.330 e. The molecule has 7 heteroatoms. The first kappa shape index (κ1) is 23.7. The Labute approximate surface area is 189 Å². The van der Waals surface area contributed by atoms with Crippen LogP contribution in [0.25, 0.3) is 22.4 Å². The SMILES string of the molecule is Cn1c(=O)n(CC(C)(C)C)c2ccc(-c3cc(CNCC(C)(C)CO)ccc3C#N)nc21. The molecule has 32 heavy (non-hydrogen) atoms. The molecule has 2 N–H and O–H groups in total. The summed E-state index contributed by atoms with van der Waals surface area (Å²) >= 11 is 0. The van der Waals surface area contributed by atoms with E-state index < -0.39 is 0 Å². The largest absolute Gasteiger partial charge is 0.396 e. The minimum Gasteiger partial charge on any atom is -0.396 e. The van der Waals surface area contributed by atoms with Crippen LogP contribution >= 0.6 is 0 Å². The molecule has 7 nitrogen and oxygen atoms in total. The number of hydrogen-bond acceptors (Lipinski definition) is 5. The molecule has 0 amide bonds. The minimum atomic E-state index is -0.201. The molecule has 2 heterocycles. The van der Waals surface area contributed by atoms with Crippen molar-refractivity contribution >= 4 is 11.2 Å². The van der Waals surface area contributed by atoms with Crippen LogP contribution in [0, 0.1) is 22.2 Å². The topological polar surface area (TPSA) is 95.9 Å². The van der Waals surface area contributed by atoms with Crippen molar-refractivity contribution < 1.29 is 5.11 Å². The lowest BCUT2D eigenvalue weighted by Crippen LogP contribution is -2.31. The zero-order valence-corrected chi connectivity index (χ0v) is 19.9. The summed E-state index contributed by atoms with van der Waals surface area (Å²) < 4.78 is 3.33. The van der Waals surface area contributed by atoms with Gasteiger partial charge in [-0.15, -0.1) is 0 Å². The highest BCUT2D eigenvalue weighted by atomic mass is 16.3. The number of nitrogens with one attached hydrogen (secondary N) is 1. The molecular weight excluding hydrogens is 402 g/mol. The third-order valence-electron chi connectivity index (χ3n) is 5.45. The van der Waals surface area contributed by atoms with Gasteiger partial charge in [-0.3, -0.25) is 9.13 Å². The lowest BCUT2D eigenvalue weighted by molar-refractivity contribution is 0.156. The maximum Gasteiger partial charge on any atom is 0.330 e. The van der Waals surface area contributed by atoms with Crippen LogP contribution < -0.4 is 11.0 Å². The molecule has 1 aromatic carbocycles. The maximum absolute atomic E-state index is 12.8. The molecule has 0 saturated carbocycles. The first-order valence-corrected chi connectivity index (χ1v) is 10.9. The van der Waals surface area contributed by atoms with E-state index in [0.717, 1.165) is 16.6 Å². The van der Waals surface area contributed by atoms with Crippen molar-refractivity contribution in [3.8, 4) is 17.3 Å². The van der Waals surface area contributed by atoms with Gasteiger partial charge in [-0.05, 0) is 35.2 Å². The predicted octanol–water partition coefficient (Wildman–Crippen LogP) is 3.43. The molecule has 0 aliphatic heterocycles. The highest BCUT2D eigenvalue weighted by Gasteiger charge is 2.20. The van der Waals surface area contributed by atoms with Gasteiger partial charge < -0.3 is 10.4 Å². The Bertz CT molecular complexity index is 1220. The van der Waals surface area contributed by atoms with Gasteiger partial charge >= 0.3 is 5.69 Å². The van der Waals surface area contributed by atoms with Crippen molar-refractivity contribution in [2.75, 3.05) is 13.2 Å². The monoisotopic (exact) mass is 435 g/mol. The van der Waals surface area contributed by atoms with Gasteiger partial charge in [0.15, 0.2) is 5.65 Å². The number of aliphatic hydroxyl groups is 1. The Morgan fingerprint density at radius 2 is 1.88 bits per heavy atom. The molecule has 0 aliphatic rings. The second-order valence-electron chi connectivity index (χ2n) is 10.4. The Hall–Kier alpha value is -2.95. The van der Waals surface area contributed by atoms with Crippen LogP contribution in [0.5, 0.6) is 0 Å². The van der Waals surface area contributed by atoms with E-state index in [4.69, 9.17) is 4.98 Å². The zero-order valence-electron chi connectivity index (χ0n) is 19.9. The second kappa shape index (κ2) is 8.89. The normalized spacial score (nSPS) is 12.3. The average Bonchev–Trinajstić information content (AvgIpc) is 2.96. The number of nitriles is 1. The summed E-state index contributed by atoms with van der Waals surface area (Å²) in [6, 6.07) is 11.7. The fourth-order valence-electron chi connectivity index (χ4n) is 3.66. The second-order valence-corrected chi connectivity index (χ2v) is 10.4. The Balaban J connectivity index is 2.00. The fraction of sp³-hybridized carbons (Fsp3) is 0.480. The lowest BCUT2D eigenvalue weighted by atomic mass is 9.95. The van der Waals surface area contributed by atoms with Crippen LogP contribution in [0.15, 0.2) is 35.1 Å². The lowest BCUT2D eigenvalue weighted by Gasteiger charge is -2.22. The molecule has 170 valence electrons. The number of nitrogens with zero attached hydrogens (tertiary/aromatic N) is 4. The molecule has 0 fully saturated rings. The van der Waals surface area contributed by atoms with E-state index in [1.165, 1.54) is 0 Å². The maximum atomic E-state index is 12.8. The Kier molecular flexibility index (Phi) is 6.59. The summed E-state index contributed by atoms with van der Waals surface area (Å²) in [5, 5.41) is 22.5. The summed E-state index contributed by atoms with van der Waals surface area (Å²) in [6.45, 7) is 12.3. The van der Waals surface area contributed by atoms with Crippen molar-refractivity contribution in [3.05, 3.63) is 51.9 Å². The van der Waals surface area contributed by atoms with Crippen LogP contribution in [0.4, 0.5) is 0 Å².